The highest BCUT2D eigenvalue weighted by molar-refractivity contribution is 6.89. The summed E-state index contributed by atoms with van der Waals surface area (Å²) in [6.07, 6.45) is 0. The van der Waals surface area contributed by atoms with Crippen LogP contribution in [0.3, 0.4) is 0 Å². The molecule has 0 radical (unpaired) electrons. The van der Waals surface area contributed by atoms with E-state index in [1.165, 1.54) is 0 Å². The van der Waals surface area contributed by atoms with Gasteiger partial charge in [0.2, 0.25) is 0 Å². The zero-order valence-electron chi connectivity index (χ0n) is 8.16. The molecule has 0 spiro atoms. The molecule has 13 heavy (non-hydrogen) atoms. The summed E-state index contributed by atoms with van der Waals surface area (Å²) in [5.74, 6) is -0.821. The Labute approximate surface area is 79.2 Å². The molecular formula is C10H14O2Si. The number of hydrogen-bond acceptors (Lipinski definition) is 1. The van der Waals surface area contributed by atoms with Crippen molar-refractivity contribution in [3.63, 3.8) is 0 Å². The Hall–Kier alpha value is -1.09. The van der Waals surface area contributed by atoms with Crippen molar-refractivity contribution in [2.75, 3.05) is 0 Å². The monoisotopic (exact) mass is 194 g/mol. The average Bonchev–Trinajstić information content (AvgIpc) is 2.03. The van der Waals surface area contributed by atoms with Crippen molar-refractivity contribution in [3.8, 4) is 0 Å². The first kappa shape index (κ1) is 9.99. The van der Waals surface area contributed by atoms with Gasteiger partial charge in [0, 0.05) is 0 Å². The van der Waals surface area contributed by atoms with Crippen LogP contribution < -0.4 is 5.19 Å². The fourth-order valence-electron chi connectivity index (χ4n) is 1.32. The molecule has 0 aliphatic carbocycles. The van der Waals surface area contributed by atoms with Gasteiger partial charge in [-0.05, 0) is 11.3 Å². The molecule has 0 aliphatic rings. The van der Waals surface area contributed by atoms with Crippen LogP contribution in [-0.2, 0) is 0 Å². The minimum absolute atomic E-state index is 0.460. The normalized spacial score (nSPS) is 11.3. The van der Waals surface area contributed by atoms with E-state index in [1.54, 1.807) is 12.1 Å². The molecule has 1 rings (SSSR count). The second-order valence-electron chi connectivity index (χ2n) is 4.10. The third kappa shape index (κ3) is 2.18. The fourth-order valence-corrected chi connectivity index (χ4v) is 2.92. The summed E-state index contributed by atoms with van der Waals surface area (Å²) in [6.45, 7) is 6.44. The van der Waals surface area contributed by atoms with E-state index in [2.05, 4.69) is 19.6 Å². The highest BCUT2D eigenvalue weighted by Crippen LogP contribution is 2.06. The second kappa shape index (κ2) is 3.34. The third-order valence-electron chi connectivity index (χ3n) is 1.97. The third-order valence-corrected chi connectivity index (χ3v) is 4.02. The average molecular weight is 194 g/mol. The van der Waals surface area contributed by atoms with Gasteiger partial charge in [0.1, 0.15) is 0 Å². The zero-order chi connectivity index (χ0) is 10.1. The van der Waals surface area contributed by atoms with Gasteiger partial charge in [-0.2, -0.15) is 0 Å². The Balaban J connectivity index is 3.28. The maximum atomic E-state index is 10.9. The van der Waals surface area contributed by atoms with Gasteiger partial charge >= 0.3 is 5.97 Å². The minimum atomic E-state index is -1.52. The van der Waals surface area contributed by atoms with Gasteiger partial charge in [-0.25, -0.2) is 4.79 Å². The van der Waals surface area contributed by atoms with Crippen molar-refractivity contribution in [2.45, 2.75) is 19.6 Å². The molecule has 0 bridgehead atoms. The molecule has 2 nitrogen and oxygen atoms in total. The Morgan fingerprint density at radius 2 is 1.77 bits per heavy atom. The van der Waals surface area contributed by atoms with E-state index in [0.717, 1.165) is 5.19 Å². The standard InChI is InChI=1S/C10H14O2Si/c1-13(2,3)9-7-5-4-6-8(9)10(11)12/h4-7H,1-3H3,(H,11,12). The van der Waals surface area contributed by atoms with Gasteiger partial charge < -0.3 is 5.11 Å². The summed E-state index contributed by atoms with van der Waals surface area (Å²) in [5, 5.41) is 9.97. The molecule has 1 aromatic rings. The predicted octanol–water partition coefficient (Wildman–Crippen LogP) is 1.93. The lowest BCUT2D eigenvalue weighted by Crippen LogP contribution is -2.41. The summed E-state index contributed by atoms with van der Waals surface area (Å²) < 4.78 is 0. The van der Waals surface area contributed by atoms with Crippen molar-refractivity contribution in [3.05, 3.63) is 29.8 Å². The summed E-state index contributed by atoms with van der Waals surface area (Å²) in [7, 11) is -1.52. The van der Waals surface area contributed by atoms with Gasteiger partial charge in [0.15, 0.2) is 0 Å². The molecule has 0 aromatic heterocycles. The largest absolute Gasteiger partial charge is 0.478 e. The molecule has 0 aliphatic heterocycles. The molecule has 0 saturated carbocycles. The van der Waals surface area contributed by atoms with E-state index >= 15 is 0 Å². The van der Waals surface area contributed by atoms with Gasteiger partial charge in [0.25, 0.3) is 0 Å². The zero-order valence-corrected chi connectivity index (χ0v) is 9.16. The number of rotatable bonds is 2. The van der Waals surface area contributed by atoms with Crippen LogP contribution in [0.5, 0.6) is 0 Å². The molecule has 0 saturated heterocycles. The molecule has 3 heteroatoms. The van der Waals surface area contributed by atoms with Crippen LogP contribution in [0.1, 0.15) is 10.4 Å². The Kier molecular flexibility index (Phi) is 2.57. The first-order valence-corrected chi connectivity index (χ1v) is 7.76. The topological polar surface area (TPSA) is 37.3 Å². The van der Waals surface area contributed by atoms with Crippen LogP contribution in [0.4, 0.5) is 0 Å². The van der Waals surface area contributed by atoms with E-state index in [4.69, 9.17) is 5.11 Å². The van der Waals surface area contributed by atoms with Gasteiger partial charge in [0.05, 0.1) is 13.6 Å². The van der Waals surface area contributed by atoms with Crippen molar-refractivity contribution in [1.29, 1.82) is 0 Å². The van der Waals surface area contributed by atoms with Crippen molar-refractivity contribution < 1.29 is 9.90 Å². The maximum Gasteiger partial charge on any atom is 0.335 e. The van der Waals surface area contributed by atoms with Gasteiger partial charge in [-0.1, -0.05) is 37.8 Å². The highest BCUT2D eigenvalue weighted by atomic mass is 28.3. The van der Waals surface area contributed by atoms with E-state index in [0.29, 0.717) is 5.56 Å². The van der Waals surface area contributed by atoms with Crippen LogP contribution in [0.2, 0.25) is 19.6 Å². The minimum Gasteiger partial charge on any atom is -0.478 e. The van der Waals surface area contributed by atoms with Crippen LogP contribution in [0.15, 0.2) is 24.3 Å². The Morgan fingerprint density at radius 3 is 2.15 bits per heavy atom. The number of aromatic carboxylic acids is 1. The van der Waals surface area contributed by atoms with E-state index < -0.39 is 14.0 Å². The lowest BCUT2D eigenvalue weighted by atomic mass is 10.2. The van der Waals surface area contributed by atoms with Crippen LogP contribution >= 0.6 is 0 Å². The van der Waals surface area contributed by atoms with Crippen molar-refractivity contribution in [2.24, 2.45) is 0 Å². The summed E-state index contributed by atoms with van der Waals surface area (Å²) in [5.41, 5.74) is 0.460. The summed E-state index contributed by atoms with van der Waals surface area (Å²) in [6, 6.07) is 7.28. The summed E-state index contributed by atoms with van der Waals surface area (Å²) >= 11 is 0. The highest BCUT2D eigenvalue weighted by Gasteiger charge is 2.22. The number of benzene rings is 1. The summed E-state index contributed by atoms with van der Waals surface area (Å²) in [4.78, 5) is 10.9. The SMILES string of the molecule is C[Si](C)(C)c1ccccc1C(=O)O. The maximum absolute atomic E-state index is 10.9. The van der Waals surface area contributed by atoms with Crippen LogP contribution in [0, 0.1) is 0 Å². The van der Waals surface area contributed by atoms with Gasteiger partial charge in [-0.15, -0.1) is 0 Å². The first-order valence-electron chi connectivity index (χ1n) is 4.26. The Morgan fingerprint density at radius 1 is 1.23 bits per heavy atom. The lowest BCUT2D eigenvalue weighted by molar-refractivity contribution is 0.0698. The Bertz CT molecular complexity index is 326. The molecule has 70 valence electrons. The predicted molar refractivity (Wildman–Crippen MR) is 56.4 cm³/mol. The fraction of sp³-hybridized carbons (Fsp3) is 0.300. The smallest absolute Gasteiger partial charge is 0.335 e. The molecular weight excluding hydrogens is 180 g/mol. The molecule has 0 unspecified atom stereocenters. The van der Waals surface area contributed by atoms with Crippen molar-refractivity contribution in [1.82, 2.24) is 0 Å². The lowest BCUT2D eigenvalue weighted by Gasteiger charge is -2.18. The van der Waals surface area contributed by atoms with E-state index in [-0.39, 0.29) is 0 Å². The first-order chi connectivity index (χ1) is 5.93. The number of carbonyl (C=O) groups is 1. The molecule has 1 aromatic carbocycles. The number of carboxylic acid groups (broad SMARTS) is 1. The second-order valence-corrected chi connectivity index (χ2v) is 9.14. The molecule has 1 N–H and O–H groups in total. The van der Waals surface area contributed by atoms with E-state index in [9.17, 15) is 4.79 Å². The number of hydrogen-bond donors (Lipinski definition) is 1. The van der Waals surface area contributed by atoms with Crippen LogP contribution in [0.25, 0.3) is 0 Å². The molecule has 0 heterocycles. The molecule has 0 amide bonds. The van der Waals surface area contributed by atoms with E-state index in [1.807, 2.05) is 12.1 Å². The van der Waals surface area contributed by atoms with Crippen LogP contribution in [-0.4, -0.2) is 19.1 Å². The van der Waals surface area contributed by atoms with Crippen molar-refractivity contribution >= 4 is 19.2 Å². The molecule has 0 atom stereocenters. The quantitative estimate of drug-likeness (QED) is 0.730. The molecule has 0 fully saturated rings. The van der Waals surface area contributed by atoms with Gasteiger partial charge in [-0.3, -0.25) is 0 Å². The number of carboxylic acids is 1.